The van der Waals surface area contributed by atoms with Crippen molar-refractivity contribution in [3.8, 4) is 0 Å². The van der Waals surface area contributed by atoms with Crippen molar-refractivity contribution in [2.75, 3.05) is 6.61 Å². The number of hydrogen-bond donors (Lipinski definition) is 1. The summed E-state index contributed by atoms with van der Waals surface area (Å²) in [5, 5.41) is 0. The van der Waals surface area contributed by atoms with E-state index in [1.54, 1.807) is 0 Å². The van der Waals surface area contributed by atoms with Crippen LogP contribution in [-0.2, 0) is 4.74 Å². The van der Waals surface area contributed by atoms with Gasteiger partial charge < -0.3 is 10.5 Å². The molecule has 0 bridgehead atoms. The molecule has 0 aromatic heterocycles. The van der Waals surface area contributed by atoms with Gasteiger partial charge in [-0.25, -0.2) is 0 Å². The van der Waals surface area contributed by atoms with Gasteiger partial charge in [0.15, 0.2) is 0 Å². The van der Waals surface area contributed by atoms with Gasteiger partial charge in [-0.2, -0.15) is 0 Å². The molecule has 0 spiro atoms. The van der Waals surface area contributed by atoms with Crippen molar-refractivity contribution in [1.82, 2.24) is 0 Å². The lowest BCUT2D eigenvalue weighted by atomic mass is 9.97. The van der Waals surface area contributed by atoms with Crippen molar-refractivity contribution < 1.29 is 4.74 Å². The number of nitrogens with two attached hydrogens (primary N) is 1. The van der Waals surface area contributed by atoms with Gasteiger partial charge in [-0.05, 0) is 32.3 Å². The zero-order chi connectivity index (χ0) is 10.8. The molecule has 0 aliphatic carbocycles. The number of aryl methyl sites for hydroxylation is 2. The fraction of sp³-hybridized carbons (Fsp3) is 0.538. The third kappa shape index (κ3) is 2.39. The zero-order valence-electron chi connectivity index (χ0n) is 9.49. The Morgan fingerprint density at radius 1 is 1.27 bits per heavy atom. The van der Waals surface area contributed by atoms with E-state index >= 15 is 0 Å². The molecule has 2 heteroatoms. The van der Waals surface area contributed by atoms with E-state index in [0.29, 0.717) is 0 Å². The van der Waals surface area contributed by atoms with Gasteiger partial charge in [0, 0.05) is 6.61 Å². The maximum Gasteiger partial charge on any atom is 0.0768 e. The largest absolute Gasteiger partial charge is 0.376 e. The van der Waals surface area contributed by atoms with Gasteiger partial charge in [0.1, 0.15) is 0 Å². The molecule has 1 aliphatic rings. The van der Waals surface area contributed by atoms with Crippen molar-refractivity contribution in [2.45, 2.75) is 38.8 Å². The van der Waals surface area contributed by atoms with Crippen LogP contribution in [0.3, 0.4) is 0 Å². The Morgan fingerprint density at radius 3 is 2.47 bits per heavy atom. The average molecular weight is 205 g/mol. The van der Waals surface area contributed by atoms with Crippen LogP contribution in [-0.4, -0.2) is 12.7 Å². The van der Waals surface area contributed by atoms with Crippen LogP contribution in [0.15, 0.2) is 18.2 Å². The van der Waals surface area contributed by atoms with Crippen LogP contribution in [0, 0.1) is 13.8 Å². The molecule has 1 fully saturated rings. The Morgan fingerprint density at radius 2 is 1.93 bits per heavy atom. The monoisotopic (exact) mass is 205 g/mol. The highest BCUT2D eigenvalue weighted by Gasteiger charge is 2.24. The number of hydrogen-bond acceptors (Lipinski definition) is 2. The molecule has 2 atom stereocenters. The summed E-state index contributed by atoms with van der Waals surface area (Å²) in [6.45, 7) is 5.08. The highest BCUT2D eigenvalue weighted by atomic mass is 16.5. The van der Waals surface area contributed by atoms with Crippen molar-refractivity contribution >= 4 is 0 Å². The first-order valence-electron chi connectivity index (χ1n) is 5.62. The van der Waals surface area contributed by atoms with Crippen molar-refractivity contribution in [3.63, 3.8) is 0 Å². The van der Waals surface area contributed by atoms with Crippen molar-refractivity contribution in [3.05, 3.63) is 34.9 Å². The number of rotatable bonds is 2. The first-order valence-corrected chi connectivity index (χ1v) is 5.62. The maximum absolute atomic E-state index is 6.21. The summed E-state index contributed by atoms with van der Waals surface area (Å²) in [6.07, 6.45) is 2.45. The molecule has 2 rings (SSSR count). The molecule has 0 saturated carbocycles. The molecule has 0 amide bonds. The third-order valence-electron chi connectivity index (χ3n) is 2.99. The summed E-state index contributed by atoms with van der Waals surface area (Å²) in [5.41, 5.74) is 9.97. The zero-order valence-corrected chi connectivity index (χ0v) is 9.49. The van der Waals surface area contributed by atoms with Gasteiger partial charge in [-0.1, -0.05) is 29.3 Å². The quantitative estimate of drug-likeness (QED) is 0.805. The minimum atomic E-state index is 0.0334. The van der Waals surface area contributed by atoms with Crippen LogP contribution in [0.5, 0.6) is 0 Å². The van der Waals surface area contributed by atoms with Crippen molar-refractivity contribution in [1.29, 1.82) is 0 Å². The molecule has 2 unspecified atom stereocenters. The fourth-order valence-electron chi connectivity index (χ4n) is 2.30. The molecule has 1 saturated heterocycles. The molecule has 1 heterocycles. The predicted octanol–water partition coefficient (Wildman–Crippen LogP) is 2.48. The van der Waals surface area contributed by atoms with Gasteiger partial charge >= 0.3 is 0 Å². The van der Waals surface area contributed by atoms with Crippen LogP contribution in [0.1, 0.15) is 35.6 Å². The van der Waals surface area contributed by atoms with Gasteiger partial charge in [0.2, 0.25) is 0 Å². The molecule has 1 aromatic rings. The third-order valence-corrected chi connectivity index (χ3v) is 2.99. The maximum atomic E-state index is 6.21. The summed E-state index contributed by atoms with van der Waals surface area (Å²) >= 11 is 0. The van der Waals surface area contributed by atoms with Gasteiger partial charge in [-0.15, -0.1) is 0 Å². The van der Waals surface area contributed by atoms with E-state index in [2.05, 4.69) is 32.0 Å². The van der Waals surface area contributed by atoms with E-state index in [-0.39, 0.29) is 12.1 Å². The summed E-state index contributed by atoms with van der Waals surface area (Å²) in [6, 6.07) is 6.54. The first kappa shape index (κ1) is 10.7. The van der Waals surface area contributed by atoms with E-state index in [1.807, 2.05) is 0 Å². The van der Waals surface area contributed by atoms with Crippen LogP contribution >= 0.6 is 0 Å². The minimum Gasteiger partial charge on any atom is -0.376 e. The summed E-state index contributed by atoms with van der Waals surface area (Å²) in [7, 11) is 0. The Labute approximate surface area is 91.4 Å². The van der Waals surface area contributed by atoms with E-state index in [0.717, 1.165) is 19.4 Å². The predicted molar refractivity (Wildman–Crippen MR) is 61.8 cm³/mol. The Hall–Kier alpha value is -0.860. The molecule has 82 valence electrons. The van der Waals surface area contributed by atoms with Crippen LogP contribution in [0.25, 0.3) is 0 Å². The lowest BCUT2D eigenvalue weighted by molar-refractivity contribution is 0.0900. The smallest absolute Gasteiger partial charge is 0.0768 e. The lowest BCUT2D eigenvalue weighted by Crippen LogP contribution is -2.25. The van der Waals surface area contributed by atoms with Crippen LogP contribution in [0.4, 0.5) is 0 Å². The second-order valence-electron chi connectivity index (χ2n) is 4.50. The summed E-state index contributed by atoms with van der Waals surface area (Å²) in [5.74, 6) is 0. The van der Waals surface area contributed by atoms with Gasteiger partial charge in [0.05, 0.1) is 12.1 Å². The highest BCUT2D eigenvalue weighted by molar-refractivity contribution is 5.31. The van der Waals surface area contributed by atoms with Crippen LogP contribution < -0.4 is 5.73 Å². The van der Waals surface area contributed by atoms with E-state index in [9.17, 15) is 0 Å². The summed E-state index contributed by atoms with van der Waals surface area (Å²) < 4.78 is 5.62. The lowest BCUT2D eigenvalue weighted by Gasteiger charge is -2.19. The molecule has 2 N–H and O–H groups in total. The average Bonchev–Trinajstić information content (AvgIpc) is 2.67. The Kier molecular flexibility index (Phi) is 3.08. The van der Waals surface area contributed by atoms with Gasteiger partial charge in [-0.3, -0.25) is 0 Å². The number of ether oxygens (including phenoxy) is 1. The van der Waals surface area contributed by atoms with Gasteiger partial charge in [0.25, 0.3) is 0 Å². The van der Waals surface area contributed by atoms with E-state index < -0.39 is 0 Å². The van der Waals surface area contributed by atoms with Crippen LogP contribution in [0.2, 0.25) is 0 Å². The second kappa shape index (κ2) is 4.33. The fourth-order valence-corrected chi connectivity index (χ4v) is 2.30. The molecular weight excluding hydrogens is 186 g/mol. The van der Waals surface area contributed by atoms with E-state index in [1.165, 1.54) is 16.7 Å². The topological polar surface area (TPSA) is 35.2 Å². The number of benzene rings is 1. The molecule has 0 radical (unpaired) electrons. The molecule has 1 aromatic carbocycles. The SMILES string of the molecule is Cc1cc(C)cc(C(N)C2CCCO2)c1. The normalized spacial score (nSPS) is 23.0. The Bertz CT molecular complexity index is 322. The van der Waals surface area contributed by atoms with Crippen molar-refractivity contribution in [2.24, 2.45) is 5.73 Å². The second-order valence-corrected chi connectivity index (χ2v) is 4.50. The molecule has 1 aliphatic heterocycles. The summed E-state index contributed by atoms with van der Waals surface area (Å²) in [4.78, 5) is 0. The van der Waals surface area contributed by atoms with E-state index in [4.69, 9.17) is 10.5 Å². The molecule has 2 nitrogen and oxygen atoms in total. The minimum absolute atomic E-state index is 0.0334. The highest BCUT2D eigenvalue weighted by Crippen LogP contribution is 2.26. The Balaban J connectivity index is 2.20. The molecule has 15 heavy (non-hydrogen) atoms. The molecular formula is C13H19NO. The standard InChI is InChI=1S/C13H19NO/c1-9-6-10(2)8-11(7-9)13(14)12-4-3-5-15-12/h6-8,12-13H,3-5,14H2,1-2H3. The first-order chi connectivity index (χ1) is 7.16.